The number of nitrogens with zero attached hydrogens (tertiary/aromatic N) is 1. The number of nitrogens with two attached hydrogens (primary N) is 1. The highest BCUT2D eigenvalue weighted by Gasteiger charge is 2.30. The van der Waals surface area contributed by atoms with Crippen LogP contribution in [0.1, 0.15) is 26.7 Å². The highest BCUT2D eigenvalue weighted by atomic mass is 79.9. The van der Waals surface area contributed by atoms with Crippen molar-refractivity contribution in [2.45, 2.75) is 32.2 Å². The van der Waals surface area contributed by atoms with Gasteiger partial charge in [0.2, 0.25) is 5.91 Å². The number of pyridine rings is 1. The van der Waals surface area contributed by atoms with E-state index in [-0.39, 0.29) is 5.91 Å². The Hall–Kier alpha value is -0.940. The number of hydrogen-bond acceptors (Lipinski definition) is 3. The number of anilines is 1. The third kappa shape index (κ3) is 2.80. The molecule has 4 nitrogen and oxygen atoms in total. The van der Waals surface area contributed by atoms with Gasteiger partial charge in [-0.3, -0.25) is 4.79 Å². The molecular weight excluding hydrogens is 270 g/mol. The standard InChI is InChI=1S/C11H16BrN3O/c1-3-11(13,4-2)10(16)15-9-8(12)6-5-7-14-9/h5-7H,3-4,13H2,1-2H3,(H,14,15,16). The van der Waals surface area contributed by atoms with E-state index < -0.39 is 5.54 Å². The van der Waals surface area contributed by atoms with Gasteiger partial charge in [0, 0.05) is 6.20 Å². The van der Waals surface area contributed by atoms with Crippen molar-refractivity contribution in [1.29, 1.82) is 0 Å². The highest BCUT2D eigenvalue weighted by molar-refractivity contribution is 9.10. The fraction of sp³-hybridized carbons (Fsp3) is 0.455. The van der Waals surface area contributed by atoms with Crippen molar-refractivity contribution in [2.24, 2.45) is 5.73 Å². The summed E-state index contributed by atoms with van der Waals surface area (Å²) in [5.41, 5.74) is 5.16. The Labute approximate surface area is 104 Å². The molecule has 0 aliphatic heterocycles. The summed E-state index contributed by atoms with van der Waals surface area (Å²) in [5, 5.41) is 2.73. The second kappa shape index (κ2) is 5.41. The van der Waals surface area contributed by atoms with Crippen LogP contribution in [0.2, 0.25) is 0 Å². The molecule has 0 aliphatic rings. The normalized spacial score (nSPS) is 11.2. The van der Waals surface area contributed by atoms with Crippen LogP contribution in [0.5, 0.6) is 0 Å². The van der Waals surface area contributed by atoms with E-state index in [0.29, 0.717) is 18.7 Å². The smallest absolute Gasteiger partial charge is 0.245 e. The van der Waals surface area contributed by atoms with Crippen molar-refractivity contribution < 1.29 is 4.79 Å². The van der Waals surface area contributed by atoms with E-state index in [1.54, 1.807) is 12.3 Å². The number of halogens is 1. The summed E-state index contributed by atoms with van der Waals surface area (Å²) in [6.45, 7) is 3.80. The predicted octanol–water partition coefficient (Wildman–Crippen LogP) is 2.30. The van der Waals surface area contributed by atoms with Gasteiger partial charge in [0.25, 0.3) is 0 Å². The summed E-state index contributed by atoms with van der Waals surface area (Å²) in [6, 6.07) is 3.60. The minimum absolute atomic E-state index is 0.197. The molecule has 0 saturated heterocycles. The van der Waals surface area contributed by atoms with Crippen molar-refractivity contribution in [3.63, 3.8) is 0 Å². The minimum Gasteiger partial charge on any atom is -0.317 e. The molecule has 0 atom stereocenters. The monoisotopic (exact) mass is 285 g/mol. The Kier molecular flexibility index (Phi) is 4.44. The van der Waals surface area contributed by atoms with Gasteiger partial charge in [0.1, 0.15) is 5.82 Å². The molecule has 3 N–H and O–H groups in total. The van der Waals surface area contributed by atoms with Crippen LogP contribution in [0.4, 0.5) is 5.82 Å². The number of amides is 1. The van der Waals surface area contributed by atoms with Gasteiger partial charge in [-0.1, -0.05) is 13.8 Å². The van der Waals surface area contributed by atoms with Crippen LogP contribution in [0.25, 0.3) is 0 Å². The van der Waals surface area contributed by atoms with E-state index in [2.05, 4.69) is 26.2 Å². The molecule has 5 heteroatoms. The first kappa shape index (κ1) is 13.1. The lowest BCUT2D eigenvalue weighted by Gasteiger charge is -2.25. The van der Waals surface area contributed by atoms with E-state index in [9.17, 15) is 4.79 Å². The first-order valence-corrected chi connectivity index (χ1v) is 6.03. The molecule has 0 saturated carbocycles. The molecule has 1 heterocycles. The third-order valence-electron chi connectivity index (χ3n) is 2.70. The Balaban J connectivity index is 2.83. The fourth-order valence-electron chi connectivity index (χ4n) is 1.28. The van der Waals surface area contributed by atoms with E-state index in [0.717, 1.165) is 4.47 Å². The molecule has 1 amide bonds. The molecule has 1 rings (SSSR count). The zero-order valence-corrected chi connectivity index (χ0v) is 11.0. The summed E-state index contributed by atoms with van der Waals surface area (Å²) in [5.74, 6) is 0.307. The third-order valence-corrected chi connectivity index (χ3v) is 3.34. The summed E-state index contributed by atoms with van der Waals surface area (Å²) in [4.78, 5) is 16.0. The second-order valence-electron chi connectivity index (χ2n) is 3.65. The van der Waals surface area contributed by atoms with Crippen molar-refractivity contribution in [3.05, 3.63) is 22.8 Å². The number of hydrogen-bond donors (Lipinski definition) is 2. The van der Waals surface area contributed by atoms with Crippen molar-refractivity contribution in [1.82, 2.24) is 4.98 Å². The number of rotatable bonds is 4. The lowest BCUT2D eigenvalue weighted by Crippen LogP contribution is -2.50. The molecule has 0 bridgehead atoms. The Bertz CT molecular complexity index is 377. The Morgan fingerprint density at radius 1 is 1.56 bits per heavy atom. The van der Waals surface area contributed by atoms with Crippen molar-refractivity contribution in [2.75, 3.05) is 5.32 Å². The van der Waals surface area contributed by atoms with Gasteiger partial charge in [-0.25, -0.2) is 4.98 Å². The van der Waals surface area contributed by atoms with Crippen molar-refractivity contribution in [3.8, 4) is 0 Å². The minimum atomic E-state index is -0.822. The Morgan fingerprint density at radius 2 is 2.19 bits per heavy atom. The largest absolute Gasteiger partial charge is 0.317 e. The van der Waals surface area contributed by atoms with Gasteiger partial charge in [-0.05, 0) is 40.9 Å². The van der Waals surface area contributed by atoms with Crippen LogP contribution in [-0.4, -0.2) is 16.4 Å². The van der Waals surface area contributed by atoms with E-state index in [1.165, 1.54) is 0 Å². The molecule has 0 radical (unpaired) electrons. The molecule has 1 aromatic heterocycles. The number of carbonyl (C=O) groups is 1. The van der Waals surface area contributed by atoms with Crippen molar-refractivity contribution >= 4 is 27.7 Å². The average molecular weight is 286 g/mol. The number of carbonyl (C=O) groups excluding carboxylic acids is 1. The zero-order chi connectivity index (χ0) is 12.2. The summed E-state index contributed by atoms with van der Waals surface area (Å²) in [6.07, 6.45) is 2.82. The predicted molar refractivity (Wildman–Crippen MR) is 68.1 cm³/mol. The van der Waals surface area contributed by atoms with Gasteiger partial charge in [-0.15, -0.1) is 0 Å². The first-order chi connectivity index (χ1) is 7.53. The van der Waals surface area contributed by atoms with E-state index >= 15 is 0 Å². The van der Waals surface area contributed by atoms with Crippen LogP contribution >= 0.6 is 15.9 Å². The SMILES string of the molecule is CCC(N)(CC)C(=O)Nc1ncccc1Br. The van der Waals surface area contributed by atoms with Crippen LogP contribution < -0.4 is 11.1 Å². The van der Waals surface area contributed by atoms with Gasteiger partial charge < -0.3 is 11.1 Å². The number of nitrogens with one attached hydrogen (secondary N) is 1. The molecule has 1 aromatic rings. The van der Waals surface area contributed by atoms with Crippen LogP contribution in [0, 0.1) is 0 Å². The Morgan fingerprint density at radius 3 is 2.69 bits per heavy atom. The molecule has 0 aromatic carbocycles. The van der Waals surface area contributed by atoms with E-state index in [4.69, 9.17) is 5.73 Å². The summed E-state index contributed by atoms with van der Waals surface area (Å²) < 4.78 is 0.748. The quantitative estimate of drug-likeness (QED) is 0.892. The van der Waals surface area contributed by atoms with E-state index in [1.807, 2.05) is 19.9 Å². The maximum atomic E-state index is 12.0. The lowest BCUT2D eigenvalue weighted by atomic mass is 9.93. The van der Waals surface area contributed by atoms with Crippen LogP contribution in [-0.2, 0) is 4.79 Å². The van der Waals surface area contributed by atoms with Crippen LogP contribution in [0.15, 0.2) is 22.8 Å². The zero-order valence-electron chi connectivity index (χ0n) is 9.46. The molecule has 88 valence electrons. The van der Waals surface area contributed by atoms with Gasteiger partial charge in [-0.2, -0.15) is 0 Å². The molecular formula is C11H16BrN3O. The molecule has 0 fully saturated rings. The molecule has 16 heavy (non-hydrogen) atoms. The molecule has 0 unspecified atom stereocenters. The molecule has 0 spiro atoms. The highest BCUT2D eigenvalue weighted by Crippen LogP contribution is 2.20. The topological polar surface area (TPSA) is 68.0 Å². The molecule has 0 aliphatic carbocycles. The maximum absolute atomic E-state index is 12.0. The fourth-order valence-corrected chi connectivity index (χ4v) is 1.63. The van der Waals surface area contributed by atoms with Crippen LogP contribution in [0.3, 0.4) is 0 Å². The summed E-state index contributed by atoms with van der Waals surface area (Å²) in [7, 11) is 0. The average Bonchev–Trinajstić information content (AvgIpc) is 2.31. The first-order valence-electron chi connectivity index (χ1n) is 5.24. The summed E-state index contributed by atoms with van der Waals surface area (Å²) >= 11 is 3.32. The number of aromatic nitrogens is 1. The second-order valence-corrected chi connectivity index (χ2v) is 4.51. The van der Waals surface area contributed by atoms with Gasteiger partial charge in [0.05, 0.1) is 10.0 Å². The lowest BCUT2D eigenvalue weighted by molar-refractivity contribution is -0.121. The van der Waals surface area contributed by atoms with Gasteiger partial charge in [0.15, 0.2) is 0 Å². The van der Waals surface area contributed by atoms with Gasteiger partial charge >= 0.3 is 0 Å². The maximum Gasteiger partial charge on any atom is 0.245 e.